The van der Waals surface area contributed by atoms with E-state index in [-0.39, 0.29) is 6.07 Å². The van der Waals surface area contributed by atoms with Gasteiger partial charge in [0.2, 0.25) is 0 Å². The standard InChI is InChI=1S/C13H6F8N2O/c14-3-1-2(5(15)8(18)6(3)16)10(24)4-7(17)9(19)12(21)13(22,23)11(4)20/h1,11H,22-23H2. The van der Waals surface area contributed by atoms with Crippen LogP contribution >= 0.6 is 0 Å². The third-order valence-electron chi connectivity index (χ3n) is 3.27. The van der Waals surface area contributed by atoms with Gasteiger partial charge in [0.25, 0.3) is 0 Å². The van der Waals surface area contributed by atoms with Gasteiger partial charge in [-0.3, -0.25) is 4.79 Å². The van der Waals surface area contributed by atoms with Gasteiger partial charge in [0.15, 0.2) is 58.4 Å². The molecule has 1 atom stereocenters. The molecule has 0 heterocycles. The number of halogens is 8. The summed E-state index contributed by atoms with van der Waals surface area (Å²) in [5.74, 6) is -18.3. The molecule has 1 aromatic rings. The van der Waals surface area contributed by atoms with Crippen molar-refractivity contribution in [1.82, 2.24) is 0 Å². The van der Waals surface area contributed by atoms with Crippen LogP contribution in [0.4, 0.5) is 35.1 Å². The molecular weight excluding hydrogens is 352 g/mol. The largest absolute Gasteiger partial charge is 0.305 e. The number of ketones is 1. The van der Waals surface area contributed by atoms with Crippen LogP contribution in [0, 0.1) is 23.3 Å². The highest BCUT2D eigenvalue weighted by Gasteiger charge is 2.50. The molecule has 1 unspecified atom stereocenters. The van der Waals surface area contributed by atoms with Gasteiger partial charge in [0.1, 0.15) is 0 Å². The predicted molar refractivity (Wildman–Crippen MR) is 64.0 cm³/mol. The summed E-state index contributed by atoms with van der Waals surface area (Å²) in [4.78, 5) is 11.9. The van der Waals surface area contributed by atoms with Crippen LogP contribution in [-0.2, 0) is 0 Å². The molecule has 1 aliphatic rings. The average Bonchev–Trinajstić information content (AvgIpc) is 2.53. The molecule has 3 nitrogen and oxygen atoms in total. The van der Waals surface area contributed by atoms with E-state index in [2.05, 4.69) is 0 Å². The molecule has 1 aromatic carbocycles. The first-order valence-corrected chi connectivity index (χ1v) is 5.98. The topological polar surface area (TPSA) is 69.1 Å². The first kappa shape index (κ1) is 18.1. The van der Waals surface area contributed by atoms with Crippen molar-refractivity contribution in [3.63, 3.8) is 0 Å². The third kappa shape index (κ3) is 2.40. The molecule has 4 N–H and O–H groups in total. The van der Waals surface area contributed by atoms with E-state index in [1.54, 1.807) is 0 Å². The summed E-state index contributed by atoms with van der Waals surface area (Å²) in [5.41, 5.74) is 2.96. The van der Waals surface area contributed by atoms with Gasteiger partial charge in [0.05, 0.1) is 11.1 Å². The van der Waals surface area contributed by atoms with Crippen LogP contribution < -0.4 is 11.5 Å². The molecule has 130 valence electrons. The zero-order chi connectivity index (χ0) is 18.6. The number of alkyl halides is 1. The van der Waals surface area contributed by atoms with Gasteiger partial charge in [-0.2, -0.15) is 0 Å². The minimum absolute atomic E-state index is 0.204. The second-order valence-corrected chi connectivity index (χ2v) is 4.83. The lowest BCUT2D eigenvalue weighted by atomic mass is 9.86. The maximum Gasteiger partial charge on any atom is 0.198 e. The van der Waals surface area contributed by atoms with Crippen molar-refractivity contribution in [3.8, 4) is 0 Å². The predicted octanol–water partition coefficient (Wildman–Crippen LogP) is 2.77. The lowest BCUT2D eigenvalue weighted by Gasteiger charge is -2.31. The van der Waals surface area contributed by atoms with Crippen molar-refractivity contribution in [2.75, 3.05) is 0 Å². The highest BCUT2D eigenvalue weighted by molar-refractivity contribution is 6.10. The molecule has 0 saturated heterocycles. The number of carbonyl (C=O) groups is 1. The summed E-state index contributed by atoms with van der Waals surface area (Å²) < 4.78 is 107. The Hall–Kier alpha value is -2.27. The van der Waals surface area contributed by atoms with Crippen molar-refractivity contribution >= 4 is 5.78 Å². The summed E-state index contributed by atoms with van der Waals surface area (Å²) >= 11 is 0. The van der Waals surface area contributed by atoms with Gasteiger partial charge in [0, 0.05) is 0 Å². The van der Waals surface area contributed by atoms with Gasteiger partial charge in [-0.25, -0.2) is 35.1 Å². The Bertz CT molecular complexity index is 815. The third-order valence-corrected chi connectivity index (χ3v) is 3.27. The molecule has 11 heteroatoms. The van der Waals surface area contributed by atoms with E-state index >= 15 is 0 Å². The summed E-state index contributed by atoms with van der Waals surface area (Å²) in [6.45, 7) is 0. The second-order valence-electron chi connectivity index (χ2n) is 4.83. The maximum atomic E-state index is 14.1. The number of hydrogen-bond acceptors (Lipinski definition) is 3. The lowest BCUT2D eigenvalue weighted by Crippen LogP contribution is -2.60. The molecule has 0 radical (unpaired) electrons. The van der Waals surface area contributed by atoms with Crippen LogP contribution in [-0.4, -0.2) is 17.6 Å². The minimum atomic E-state index is -3.32. The molecule has 24 heavy (non-hydrogen) atoms. The number of nitrogens with two attached hydrogens (primary N) is 2. The van der Waals surface area contributed by atoms with E-state index in [1.807, 2.05) is 0 Å². The fourth-order valence-corrected chi connectivity index (χ4v) is 1.96. The first-order valence-electron chi connectivity index (χ1n) is 5.98. The molecule has 1 aliphatic carbocycles. The Labute approximate surface area is 128 Å². The Balaban J connectivity index is 2.71. The zero-order valence-corrected chi connectivity index (χ0v) is 11.2. The van der Waals surface area contributed by atoms with Crippen molar-refractivity contribution < 1.29 is 39.9 Å². The van der Waals surface area contributed by atoms with Crippen LogP contribution in [0.3, 0.4) is 0 Å². The van der Waals surface area contributed by atoms with Gasteiger partial charge in [-0.1, -0.05) is 0 Å². The Morgan fingerprint density at radius 1 is 0.917 bits per heavy atom. The lowest BCUT2D eigenvalue weighted by molar-refractivity contribution is 0.0975. The number of allylic oxidation sites excluding steroid dienone is 2. The summed E-state index contributed by atoms with van der Waals surface area (Å²) in [5, 5.41) is 0. The Kier molecular flexibility index (Phi) is 4.27. The van der Waals surface area contributed by atoms with E-state index in [9.17, 15) is 39.9 Å². The second kappa shape index (κ2) is 5.67. The van der Waals surface area contributed by atoms with Crippen LogP contribution in [0.25, 0.3) is 0 Å². The van der Waals surface area contributed by atoms with Crippen LogP contribution in [0.5, 0.6) is 0 Å². The van der Waals surface area contributed by atoms with E-state index in [0.717, 1.165) is 0 Å². The fraction of sp³-hybridized carbons (Fsp3) is 0.154. The smallest absolute Gasteiger partial charge is 0.198 e. The molecule has 0 saturated carbocycles. The molecule has 0 fully saturated rings. The van der Waals surface area contributed by atoms with Crippen molar-refractivity contribution in [1.29, 1.82) is 0 Å². The quantitative estimate of drug-likeness (QED) is 0.281. The van der Waals surface area contributed by atoms with Crippen molar-refractivity contribution in [3.05, 3.63) is 58.0 Å². The molecular formula is C13H6F8N2O. The minimum Gasteiger partial charge on any atom is -0.305 e. The maximum absolute atomic E-state index is 14.1. The SMILES string of the molecule is NC1(N)C(F)=C(F)C(F)=C(C(=O)c2cc(F)c(F)c(F)c2F)C1F. The van der Waals surface area contributed by atoms with Gasteiger partial charge in [-0.05, 0) is 6.07 Å². The number of Topliss-reactive ketones (excluding diaryl/α,β-unsaturated/α-hetero) is 1. The van der Waals surface area contributed by atoms with Gasteiger partial charge in [-0.15, -0.1) is 0 Å². The van der Waals surface area contributed by atoms with Crippen LogP contribution in [0.15, 0.2) is 29.1 Å². The fourth-order valence-electron chi connectivity index (χ4n) is 1.96. The van der Waals surface area contributed by atoms with E-state index in [0.29, 0.717) is 0 Å². The molecule has 0 amide bonds. The normalized spacial score (nSPS) is 20.7. The van der Waals surface area contributed by atoms with E-state index in [1.165, 1.54) is 0 Å². The van der Waals surface area contributed by atoms with Crippen LogP contribution in [0.2, 0.25) is 0 Å². The Morgan fingerprint density at radius 2 is 1.46 bits per heavy atom. The zero-order valence-electron chi connectivity index (χ0n) is 11.2. The molecule has 2 rings (SSSR count). The van der Waals surface area contributed by atoms with Crippen molar-refractivity contribution in [2.24, 2.45) is 11.5 Å². The Morgan fingerprint density at radius 3 is 2.00 bits per heavy atom. The van der Waals surface area contributed by atoms with Crippen LogP contribution in [0.1, 0.15) is 10.4 Å². The number of carbonyl (C=O) groups excluding carboxylic acids is 1. The summed E-state index contributed by atoms with van der Waals surface area (Å²) in [6, 6.07) is -0.204. The summed E-state index contributed by atoms with van der Waals surface area (Å²) in [6.07, 6.45) is -3.22. The molecule has 0 aromatic heterocycles. The number of hydrogen-bond donors (Lipinski definition) is 2. The highest BCUT2D eigenvalue weighted by Crippen LogP contribution is 2.39. The monoisotopic (exact) mass is 358 g/mol. The number of rotatable bonds is 2. The first-order chi connectivity index (χ1) is 10.9. The summed E-state index contributed by atoms with van der Waals surface area (Å²) in [7, 11) is 0. The van der Waals surface area contributed by atoms with Gasteiger partial charge < -0.3 is 11.5 Å². The van der Waals surface area contributed by atoms with Crippen molar-refractivity contribution in [2.45, 2.75) is 11.8 Å². The molecule has 0 bridgehead atoms. The van der Waals surface area contributed by atoms with E-state index < -0.39 is 69.5 Å². The van der Waals surface area contributed by atoms with E-state index in [4.69, 9.17) is 11.5 Å². The van der Waals surface area contributed by atoms with Gasteiger partial charge >= 0.3 is 0 Å². The number of benzene rings is 1. The molecule has 0 aliphatic heterocycles. The highest BCUT2D eigenvalue weighted by atomic mass is 19.2. The average molecular weight is 358 g/mol. The molecule has 0 spiro atoms.